The smallest absolute Gasteiger partial charge is 0.266 e. The zero-order valence-electron chi connectivity index (χ0n) is 20.0. The Morgan fingerprint density at radius 3 is 2.44 bits per heavy atom. The Kier molecular flexibility index (Phi) is 8.67. The molecule has 4 nitrogen and oxygen atoms in total. The van der Waals surface area contributed by atoms with Crippen LogP contribution in [0.3, 0.4) is 0 Å². The van der Waals surface area contributed by atoms with Crippen molar-refractivity contribution in [2.45, 2.75) is 40.5 Å². The van der Waals surface area contributed by atoms with Crippen LogP contribution in [-0.4, -0.2) is 12.5 Å². The molecule has 0 aromatic heterocycles. The van der Waals surface area contributed by atoms with E-state index in [9.17, 15) is 10.1 Å². The Morgan fingerprint density at radius 2 is 1.79 bits per heavy atom. The molecule has 0 spiro atoms. The number of halogens is 1. The van der Waals surface area contributed by atoms with Crippen LogP contribution in [0.25, 0.3) is 6.08 Å². The standard InChI is InChI=1S/C29H29BrN2O2/c1-5-23-9-7-8-10-27(23)32-29(33)24(18-31)14-22-16-26(30)25(28(17-22)34-6-2)15-21-12-19(3)11-20(4)13-21/h7-14,16-17H,5-6,15H2,1-4H3,(H,32,33)/b24-14+. The molecule has 0 fully saturated rings. The van der Waals surface area contributed by atoms with Crippen molar-refractivity contribution in [3.63, 3.8) is 0 Å². The van der Waals surface area contributed by atoms with Gasteiger partial charge < -0.3 is 10.1 Å². The lowest BCUT2D eigenvalue weighted by atomic mass is 9.98. The largest absolute Gasteiger partial charge is 0.494 e. The van der Waals surface area contributed by atoms with E-state index in [4.69, 9.17) is 4.74 Å². The quantitative estimate of drug-likeness (QED) is 0.255. The Bertz CT molecular complexity index is 1250. The third kappa shape index (κ3) is 6.36. The van der Waals surface area contributed by atoms with Crippen molar-refractivity contribution in [2.24, 2.45) is 0 Å². The van der Waals surface area contributed by atoms with Crippen molar-refractivity contribution in [3.05, 3.63) is 98.0 Å². The van der Waals surface area contributed by atoms with E-state index in [0.717, 1.165) is 39.0 Å². The van der Waals surface area contributed by atoms with Crippen LogP contribution in [0, 0.1) is 25.2 Å². The van der Waals surface area contributed by atoms with Crippen LogP contribution in [0.5, 0.6) is 5.75 Å². The average Bonchev–Trinajstić information content (AvgIpc) is 2.79. The first kappa shape index (κ1) is 25.3. The molecule has 0 atom stereocenters. The monoisotopic (exact) mass is 516 g/mol. The Balaban J connectivity index is 1.93. The summed E-state index contributed by atoms with van der Waals surface area (Å²) in [5.74, 6) is 0.299. The van der Waals surface area contributed by atoms with E-state index in [1.165, 1.54) is 16.7 Å². The summed E-state index contributed by atoms with van der Waals surface area (Å²) in [6.45, 7) is 8.67. The predicted octanol–water partition coefficient (Wildman–Crippen LogP) is 7.16. The molecule has 1 amide bonds. The highest BCUT2D eigenvalue weighted by Gasteiger charge is 2.15. The number of nitriles is 1. The molecule has 34 heavy (non-hydrogen) atoms. The molecule has 0 radical (unpaired) electrons. The van der Waals surface area contributed by atoms with Crippen molar-refractivity contribution in [3.8, 4) is 11.8 Å². The summed E-state index contributed by atoms with van der Waals surface area (Å²) < 4.78 is 6.82. The van der Waals surface area contributed by atoms with Crippen molar-refractivity contribution in [1.29, 1.82) is 5.26 Å². The van der Waals surface area contributed by atoms with E-state index in [-0.39, 0.29) is 5.57 Å². The molecule has 5 heteroatoms. The summed E-state index contributed by atoms with van der Waals surface area (Å²) in [6, 6.07) is 20.0. The highest BCUT2D eigenvalue weighted by atomic mass is 79.9. The SMILES string of the molecule is CCOc1cc(/C=C(\C#N)C(=O)Nc2ccccc2CC)cc(Br)c1Cc1cc(C)cc(C)c1. The second-order valence-corrected chi connectivity index (χ2v) is 9.07. The summed E-state index contributed by atoms with van der Waals surface area (Å²) >= 11 is 3.69. The van der Waals surface area contributed by atoms with Crippen LogP contribution >= 0.6 is 15.9 Å². The summed E-state index contributed by atoms with van der Waals surface area (Å²) in [4.78, 5) is 12.8. The van der Waals surface area contributed by atoms with Gasteiger partial charge in [0.15, 0.2) is 0 Å². The van der Waals surface area contributed by atoms with E-state index in [2.05, 4.69) is 53.3 Å². The molecule has 0 bridgehead atoms. The molecular weight excluding hydrogens is 488 g/mol. The zero-order chi connectivity index (χ0) is 24.7. The second kappa shape index (κ2) is 11.7. The molecular formula is C29H29BrN2O2. The normalized spacial score (nSPS) is 11.1. The summed E-state index contributed by atoms with van der Waals surface area (Å²) in [5.41, 5.74) is 7.16. The fourth-order valence-corrected chi connectivity index (χ4v) is 4.60. The maximum Gasteiger partial charge on any atom is 0.266 e. The molecule has 3 rings (SSSR count). The van der Waals surface area contributed by atoms with E-state index in [1.54, 1.807) is 6.08 Å². The van der Waals surface area contributed by atoms with Gasteiger partial charge in [0.25, 0.3) is 5.91 Å². The molecule has 0 unspecified atom stereocenters. The molecule has 0 aliphatic carbocycles. The topological polar surface area (TPSA) is 62.1 Å². The molecule has 0 saturated carbocycles. The number of ether oxygens (including phenoxy) is 1. The summed E-state index contributed by atoms with van der Waals surface area (Å²) in [7, 11) is 0. The highest BCUT2D eigenvalue weighted by molar-refractivity contribution is 9.10. The van der Waals surface area contributed by atoms with Gasteiger partial charge in [0.05, 0.1) is 6.61 Å². The number of nitrogens with one attached hydrogen (secondary N) is 1. The van der Waals surface area contributed by atoms with Crippen molar-refractivity contribution in [1.82, 2.24) is 0 Å². The Labute approximate surface area is 210 Å². The van der Waals surface area contributed by atoms with Gasteiger partial charge in [0, 0.05) is 22.1 Å². The molecule has 3 aromatic carbocycles. The van der Waals surface area contributed by atoms with E-state index in [0.29, 0.717) is 13.0 Å². The summed E-state index contributed by atoms with van der Waals surface area (Å²) in [6.07, 6.45) is 3.09. The maximum absolute atomic E-state index is 12.8. The number of hydrogen-bond donors (Lipinski definition) is 1. The number of nitrogens with zero attached hydrogens (tertiary/aromatic N) is 1. The van der Waals surface area contributed by atoms with Gasteiger partial charge in [0.2, 0.25) is 0 Å². The first-order chi connectivity index (χ1) is 16.3. The lowest BCUT2D eigenvalue weighted by molar-refractivity contribution is -0.112. The Morgan fingerprint density at radius 1 is 1.09 bits per heavy atom. The van der Waals surface area contributed by atoms with Crippen molar-refractivity contribution in [2.75, 3.05) is 11.9 Å². The fourth-order valence-electron chi connectivity index (χ4n) is 4.00. The third-order valence-electron chi connectivity index (χ3n) is 5.46. The number of benzene rings is 3. The van der Waals surface area contributed by atoms with Gasteiger partial charge in [-0.1, -0.05) is 70.4 Å². The van der Waals surface area contributed by atoms with Crippen LogP contribution in [-0.2, 0) is 17.6 Å². The summed E-state index contributed by atoms with van der Waals surface area (Å²) in [5, 5.41) is 12.6. The number of carbonyl (C=O) groups is 1. The first-order valence-corrected chi connectivity index (χ1v) is 12.2. The number of hydrogen-bond acceptors (Lipinski definition) is 3. The zero-order valence-corrected chi connectivity index (χ0v) is 21.6. The number of anilines is 1. The van der Waals surface area contributed by atoms with E-state index >= 15 is 0 Å². The van der Waals surface area contributed by atoms with Gasteiger partial charge in [-0.3, -0.25) is 4.79 Å². The molecule has 1 N–H and O–H groups in total. The minimum absolute atomic E-state index is 0.0299. The minimum atomic E-state index is -0.434. The van der Waals surface area contributed by atoms with Gasteiger partial charge in [-0.05, 0) is 68.2 Å². The van der Waals surface area contributed by atoms with Gasteiger partial charge >= 0.3 is 0 Å². The van der Waals surface area contributed by atoms with Gasteiger partial charge in [-0.15, -0.1) is 0 Å². The third-order valence-corrected chi connectivity index (χ3v) is 6.17. The van der Waals surface area contributed by atoms with E-state index < -0.39 is 5.91 Å². The van der Waals surface area contributed by atoms with Crippen molar-refractivity contribution >= 4 is 33.6 Å². The van der Waals surface area contributed by atoms with Crippen LogP contribution in [0.1, 0.15) is 47.2 Å². The van der Waals surface area contributed by atoms with Crippen molar-refractivity contribution < 1.29 is 9.53 Å². The fraction of sp³-hybridized carbons (Fsp3) is 0.241. The minimum Gasteiger partial charge on any atom is -0.494 e. The Hall–Kier alpha value is -3.36. The predicted molar refractivity (Wildman–Crippen MR) is 142 cm³/mol. The van der Waals surface area contributed by atoms with Gasteiger partial charge in [-0.2, -0.15) is 5.26 Å². The molecule has 0 saturated heterocycles. The second-order valence-electron chi connectivity index (χ2n) is 8.22. The molecule has 3 aromatic rings. The number of amides is 1. The highest BCUT2D eigenvalue weighted by Crippen LogP contribution is 2.33. The molecule has 0 aliphatic heterocycles. The van der Waals surface area contributed by atoms with Gasteiger partial charge in [-0.25, -0.2) is 0 Å². The van der Waals surface area contributed by atoms with Crippen LogP contribution in [0.15, 0.2) is 64.6 Å². The van der Waals surface area contributed by atoms with Crippen LogP contribution < -0.4 is 10.1 Å². The van der Waals surface area contributed by atoms with Crippen LogP contribution in [0.2, 0.25) is 0 Å². The number of aryl methyl sites for hydroxylation is 3. The molecule has 0 heterocycles. The first-order valence-electron chi connectivity index (χ1n) is 11.4. The maximum atomic E-state index is 12.8. The molecule has 174 valence electrons. The average molecular weight is 517 g/mol. The number of rotatable bonds is 8. The van der Waals surface area contributed by atoms with Crippen LogP contribution in [0.4, 0.5) is 5.69 Å². The number of para-hydroxylation sites is 1. The number of carbonyl (C=O) groups excluding carboxylic acids is 1. The lowest BCUT2D eigenvalue weighted by Crippen LogP contribution is -2.14. The molecule has 0 aliphatic rings. The lowest BCUT2D eigenvalue weighted by Gasteiger charge is -2.15. The van der Waals surface area contributed by atoms with Gasteiger partial charge in [0.1, 0.15) is 17.4 Å². The van der Waals surface area contributed by atoms with E-state index in [1.807, 2.05) is 56.3 Å².